The molecule has 0 aliphatic heterocycles. The van der Waals surface area contributed by atoms with E-state index in [0.717, 1.165) is 6.07 Å². The molecule has 1 heterocycles. The number of halogens is 1. The van der Waals surface area contributed by atoms with Crippen molar-refractivity contribution in [3.8, 4) is 0 Å². The minimum Gasteiger partial charge on any atom is -0.398 e. The van der Waals surface area contributed by atoms with Crippen molar-refractivity contribution in [2.24, 2.45) is 0 Å². The van der Waals surface area contributed by atoms with Gasteiger partial charge in [0.05, 0.1) is 6.54 Å². The molecule has 0 fully saturated rings. The summed E-state index contributed by atoms with van der Waals surface area (Å²) in [5.74, 6) is -0.247. The van der Waals surface area contributed by atoms with Crippen LogP contribution in [0.5, 0.6) is 0 Å². The molecule has 1 amide bonds. The number of carbonyl (C=O) groups excluding carboxylic acids is 1. The standard InChI is InChI=1S/C13H14FN3O2/c1-7-3-10(17-19-7)6-16-13(18)9-4-11(14)8(2)12(15)5-9/h3-5H,6,15H2,1-2H3,(H,16,18). The van der Waals surface area contributed by atoms with Gasteiger partial charge in [-0.25, -0.2) is 4.39 Å². The molecule has 2 rings (SSSR count). The number of nitrogen functional groups attached to an aromatic ring is 1. The summed E-state index contributed by atoms with van der Waals surface area (Å²) in [6.07, 6.45) is 0. The molecule has 6 heteroatoms. The summed E-state index contributed by atoms with van der Waals surface area (Å²) in [6, 6.07) is 4.32. The van der Waals surface area contributed by atoms with E-state index in [2.05, 4.69) is 10.5 Å². The molecule has 0 radical (unpaired) electrons. The molecule has 5 nitrogen and oxygen atoms in total. The lowest BCUT2D eigenvalue weighted by Gasteiger charge is -2.07. The fraction of sp³-hybridized carbons (Fsp3) is 0.231. The molecule has 3 N–H and O–H groups in total. The highest BCUT2D eigenvalue weighted by molar-refractivity contribution is 5.95. The highest BCUT2D eigenvalue weighted by Crippen LogP contribution is 2.17. The van der Waals surface area contributed by atoms with Crippen LogP contribution in [0, 0.1) is 19.7 Å². The van der Waals surface area contributed by atoms with Crippen molar-refractivity contribution in [3.63, 3.8) is 0 Å². The summed E-state index contributed by atoms with van der Waals surface area (Å²) in [6.45, 7) is 3.53. The number of carbonyl (C=O) groups is 1. The van der Waals surface area contributed by atoms with Crippen LogP contribution in [0.1, 0.15) is 27.4 Å². The number of aromatic nitrogens is 1. The lowest BCUT2D eigenvalue weighted by molar-refractivity contribution is 0.0949. The van der Waals surface area contributed by atoms with E-state index < -0.39 is 11.7 Å². The zero-order valence-corrected chi connectivity index (χ0v) is 10.7. The first-order valence-corrected chi connectivity index (χ1v) is 5.73. The van der Waals surface area contributed by atoms with Crippen molar-refractivity contribution in [2.75, 3.05) is 5.73 Å². The molecule has 0 unspecified atom stereocenters. The second kappa shape index (κ2) is 5.09. The highest BCUT2D eigenvalue weighted by atomic mass is 19.1. The summed E-state index contributed by atoms with van der Waals surface area (Å²) in [5, 5.41) is 6.36. The SMILES string of the molecule is Cc1cc(CNC(=O)c2cc(N)c(C)c(F)c2)no1. The maximum absolute atomic E-state index is 13.5. The molecule has 0 spiro atoms. The lowest BCUT2D eigenvalue weighted by Crippen LogP contribution is -2.23. The van der Waals surface area contributed by atoms with Gasteiger partial charge in [0.25, 0.3) is 5.91 Å². The van der Waals surface area contributed by atoms with E-state index >= 15 is 0 Å². The largest absolute Gasteiger partial charge is 0.398 e. The molecule has 0 aliphatic carbocycles. The smallest absolute Gasteiger partial charge is 0.251 e. The van der Waals surface area contributed by atoms with Crippen molar-refractivity contribution in [2.45, 2.75) is 20.4 Å². The lowest BCUT2D eigenvalue weighted by atomic mass is 10.1. The molecule has 0 atom stereocenters. The molecular formula is C13H14FN3O2. The predicted molar refractivity (Wildman–Crippen MR) is 68.0 cm³/mol. The van der Waals surface area contributed by atoms with Gasteiger partial charge in [0.1, 0.15) is 17.3 Å². The van der Waals surface area contributed by atoms with E-state index in [1.807, 2.05) is 0 Å². The van der Waals surface area contributed by atoms with Gasteiger partial charge in [0.2, 0.25) is 0 Å². The summed E-state index contributed by atoms with van der Waals surface area (Å²) in [5.41, 5.74) is 7.00. The maximum atomic E-state index is 13.5. The van der Waals surface area contributed by atoms with E-state index in [1.54, 1.807) is 19.9 Å². The second-order valence-corrected chi connectivity index (χ2v) is 4.28. The van der Waals surface area contributed by atoms with Gasteiger partial charge in [0, 0.05) is 22.9 Å². The van der Waals surface area contributed by atoms with Crippen LogP contribution in [0.2, 0.25) is 0 Å². The van der Waals surface area contributed by atoms with Crippen molar-refractivity contribution in [1.29, 1.82) is 0 Å². The molecule has 19 heavy (non-hydrogen) atoms. The van der Waals surface area contributed by atoms with Crippen LogP contribution in [-0.2, 0) is 6.54 Å². The number of nitrogens with two attached hydrogens (primary N) is 1. The number of nitrogens with one attached hydrogen (secondary N) is 1. The first-order valence-electron chi connectivity index (χ1n) is 5.73. The van der Waals surface area contributed by atoms with Crippen LogP contribution < -0.4 is 11.1 Å². The fourth-order valence-corrected chi connectivity index (χ4v) is 1.61. The van der Waals surface area contributed by atoms with Gasteiger partial charge in [0.15, 0.2) is 0 Å². The van der Waals surface area contributed by atoms with Gasteiger partial charge >= 0.3 is 0 Å². The van der Waals surface area contributed by atoms with Gasteiger partial charge in [-0.1, -0.05) is 5.16 Å². The number of hydrogen-bond acceptors (Lipinski definition) is 4. The van der Waals surface area contributed by atoms with Crippen molar-refractivity contribution in [3.05, 3.63) is 46.6 Å². The molecule has 0 saturated heterocycles. The number of nitrogens with zero attached hydrogens (tertiary/aromatic N) is 1. The van der Waals surface area contributed by atoms with Crippen LogP contribution in [0.25, 0.3) is 0 Å². The first-order chi connectivity index (χ1) is 8.97. The summed E-state index contributed by atoms with van der Waals surface area (Å²) in [4.78, 5) is 11.8. The van der Waals surface area contributed by atoms with Crippen LogP contribution in [0.15, 0.2) is 22.7 Å². The zero-order valence-electron chi connectivity index (χ0n) is 10.7. The second-order valence-electron chi connectivity index (χ2n) is 4.28. The molecule has 2 aromatic rings. The monoisotopic (exact) mass is 263 g/mol. The van der Waals surface area contributed by atoms with E-state index in [-0.39, 0.29) is 17.8 Å². The Morgan fingerprint density at radius 1 is 1.42 bits per heavy atom. The molecule has 0 saturated carbocycles. The van der Waals surface area contributed by atoms with Crippen LogP contribution in [0.3, 0.4) is 0 Å². The summed E-state index contributed by atoms with van der Waals surface area (Å²) < 4.78 is 18.4. The topological polar surface area (TPSA) is 81.2 Å². The zero-order chi connectivity index (χ0) is 14.0. The van der Waals surface area contributed by atoms with Gasteiger partial charge in [-0.15, -0.1) is 0 Å². The first kappa shape index (κ1) is 13.1. The Balaban J connectivity index is 2.08. The number of anilines is 1. The number of rotatable bonds is 3. The predicted octanol–water partition coefficient (Wildman–Crippen LogP) is 1.94. The average Bonchev–Trinajstić information content (AvgIpc) is 2.78. The maximum Gasteiger partial charge on any atom is 0.251 e. The third-order valence-corrected chi connectivity index (χ3v) is 2.75. The molecule has 0 bridgehead atoms. The Hall–Kier alpha value is -2.37. The van der Waals surface area contributed by atoms with E-state index in [4.69, 9.17) is 10.3 Å². The molecular weight excluding hydrogens is 249 g/mol. The van der Waals surface area contributed by atoms with Crippen LogP contribution >= 0.6 is 0 Å². The van der Waals surface area contributed by atoms with Crippen molar-refractivity contribution >= 4 is 11.6 Å². The molecule has 0 aliphatic rings. The van der Waals surface area contributed by atoms with E-state index in [1.165, 1.54) is 6.07 Å². The molecule has 1 aromatic heterocycles. The highest BCUT2D eigenvalue weighted by Gasteiger charge is 2.11. The number of aryl methyl sites for hydroxylation is 1. The summed E-state index contributed by atoms with van der Waals surface area (Å²) >= 11 is 0. The van der Waals surface area contributed by atoms with Crippen molar-refractivity contribution < 1.29 is 13.7 Å². The Bertz CT molecular complexity index is 599. The quantitative estimate of drug-likeness (QED) is 0.829. The van der Waals surface area contributed by atoms with Gasteiger partial charge in [-0.05, 0) is 26.0 Å². The van der Waals surface area contributed by atoms with Gasteiger partial charge in [-0.3, -0.25) is 4.79 Å². The minimum absolute atomic E-state index is 0.181. The van der Waals surface area contributed by atoms with Crippen LogP contribution in [0.4, 0.5) is 10.1 Å². The fourth-order valence-electron chi connectivity index (χ4n) is 1.61. The third kappa shape index (κ3) is 2.90. The average molecular weight is 263 g/mol. The normalized spacial score (nSPS) is 10.5. The summed E-state index contributed by atoms with van der Waals surface area (Å²) in [7, 11) is 0. The van der Waals surface area contributed by atoms with E-state index in [9.17, 15) is 9.18 Å². The number of benzene rings is 1. The van der Waals surface area contributed by atoms with Gasteiger partial charge < -0.3 is 15.6 Å². The van der Waals surface area contributed by atoms with Gasteiger partial charge in [-0.2, -0.15) is 0 Å². The number of amides is 1. The van der Waals surface area contributed by atoms with Crippen LogP contribution in [-0.4, -0.2) is 11.1 Å². The molecule has 1 aromatic carbocycles. The van der Waals surface area contributed by atoms with Crippen molar-refractivity contribution in [1.82, 2.24) is 10.5 Å². The third-order valence-electron chi connectivity index (χ3n) is 2.75. The molecule has 100 valence electrons. The Morgan fingerprint density at radius 2 is 2.16 bits per heavy atom. The minimum atomic E-state index is -0.498. The Labute approximate surface area is 109 Å². The number of hydrogen-bond donors (Lipinski definition) is 2. The van der Waals surface area contributed by atoms with E-state index in [0.29, 0.717) is 17.0 Å². The Morgan fingerprint density at radius 3 is 2.74 bits per heavy atom. The Kier molecular flexibility index (Phi) is 3.50.